The van der Waals surface area contributed by atoms with E-state index < -0.39 is 15.9 Å². The smallest absolute Gasteiger partial charge is 0.257 e. The molecule has 2 rings (SSSR count). The van der Waals surface area contributed by atoms with Crippen molar-refractivity contribution < 1.29 is 17.6 Å². The van der Waals surface area contributed by atoms with Crippen molar-refractivity contribution in [1.29, 1.82) is 0 Å². The first-order valence-corrected chi connectivity index (χ1v) is 9.85. The highest BCUT2D eigenvalue weighted by Gasteiger charge is 2.15. The van der Waals surface area contributed by atoms with Crippen molar-refractivity contribution in [2.24, 2.45) is 0 Å². The number of hydrogen-bond acceptors (Lipinski definition) is 5. The lowest BCUT2D eigenvalue weighted by molar-refractivity contribution is -0.117. The number of pyridine rings is 1. The van der Waals surface area contributed by atoms with E-state index in [0.717, 1.165) is 23.5 Å². The Morgan fingerprint density at radius 3 is 2.37 bits per heavy atom. The van der Waals surface area contributed by atoms with Gasteiger partial charge in [-0.25, -0.2) is 22.5 Å². The average Bonchev–Trinajstić information content (AvgIpc) is 2.59. The molecular weight excluding hydrogens is 369 g/mol. The number of carbonyl (C=O) groups is 1. The van der Waals surface area contributed by atoms with Gasteiger partial charge in [0.05, 0.1) is 11.1 Å². The summed E-state index contributed by atoms with van der Waals surface area (Å²) in [5.74, 6) is -0.358. The quantitative estimate of drug-likeness (QED) is 0.818. The van der Waals surface area contributed by atoms with Crippen LogP contribution in [-0.4, -0.2) is 32.4 Å². The van der Waals surface area contributed by atoms with Gasteiger partial charge in [-0.1, -0.05) is 12.1 Å². The number of halogens is 1. The van der Waals surface area contributed by atoms with E-state index >= 15 is 0 Å². The molecule has 1 amide bonds. The number of aromatic nitrogens is 1. The Morgan fingerprint density at radius 1 is 1.19 bits per heavy atom. The lowest BCUT2D eigenvalue weighted by Crippen LogP contribution is -2.27. The molecule has 0 aliphatic rings. The number of benzene rings is 1. The van der Waals surface area contributed by atoms with Crippen LogP contribution in [-0.2, 0) is 14.8 Å². The SMILES string of the molecule is CC(=O)NS(=O)(=O)C=Cc1ccc(-c2ccc(F)cc2)c(N(C)C(C)C)n1. The fourth-order valence-corrected chi connectivity index (χ4v) is 3.10. The maximum atomic E-state index is 13.2. The van der Waals surface area contributed by atoms with Crippen LogP contribution in [0.1, 0.15) is 26.5 Å². The van der Waals surface area contributed by atoms with Crippen LogP contribution >= 0.6 is 0 Å². The van der Waals surface area contributed by atoms with Crippen molar-refractivity contribution >= 4 is 27.8 Å². The highest BCUT2D eigenvalue weighted by atomic mass is 32.2. The highest BCUT2D eigenvalue weighted by molar-refractivity contribution is 7.93. The number of hydrogen-bond donors (Lipinski definition) is 1. The van der Waals surface area contributed by atoms with Crippen molar-refractivity contribution in [3.05, 3.63) is 53.3 Å². The van der Waals surface area contributed by atoms with Gasteiger partial charge in [0.1, 0.15) is 11.6 Å². The first kappa shape index (κ1) is 20.6. The second kappa shape index (κ2) is 8.30. The molecule has 6 nitrogen and oxygen atoms in total. The second-order valence-electron chi connectivity index (χ2n) is 6.32. The molecule has 0 radical (unpaired) electrons. The number of sulfonamides is 1. The van der Waals surface area contributed by atoms with E-state index in [-0.39, 0.29) is 11.9 Å². The summed E-state index contributed by atoms with van der Waals surface area (Å²) in [6.45, 7) is 5.12. The van der Waals surface area contributed by atoms with Gasteiger partial charge in [0.25, 0.3) is 10.0 Å². The first-order chi connectivity index (χ1) is 12.6. The van der Waals surface area contributed by atoms with Crippen molar-refractivity contribution in [3.63, 3.8) is 0 Å². The fraction of sp³-hybridized carbons (Fsp3) is 0.263. The van der Waals surface area contributed by atoms with Gasteiger partial charge in [-0.15, -0.1) is 0 Å². The molecule has 8 heteroatoms. The summed E-state index contributed by atoms with van der Waals surface area (Å²) in [5, 5.41) is 0.896. The van der Waals surface area contributed by atoms with Crippen molar-refractivity contribution in [1.82, 2.24) is 9.71 Å². The monoisotopic (exact) mass is 391 g/mol. The van der Waals surface area contributed by atoms with Crippen LogP contribution < -0.4 is 9.62 Å². The standard InChI is InChI=1S/C19H22FN3O3S/c1-13(2)23(4)19-18(15-5-7-16(20)8-6-15)10-9-17(21-19)11-12-27(25,26)22-14(3)24/h5-13H,1-4H3,(H,22,24). The normalized spacial score (nSPS) is 11.8. The summed E-state index contributed by atoms with van der Waals surface area (Å²) in [6.07, 6.45) is 1.32. The van der Waals surface area contributed by atoms with Crippen LogP contribution in [0.5, 0.6) is 0 Å². The molecule has 144 valence electrons. The van der Waals surface area contributed by atoms with Crippen LogP contribution in [0.2, 0.25) is 0 Å². The summed E-state index contributed by atoms with van der Waals surface area (Å²) in [7, 11) is -1.99. The highest BCUT2D eigenvalue weighted by Crippen LogP contribution is 2.30. The third-order valence-corrected chi connectivity index (χ3v) is 4.93. The van der Waals surface area contributed by atoms with E-state index in [2.05, 4.69) is 4.98 Å². The maximum absolute atomic E-state index is 13.2. The second-order valence-corrected chi connectivity index (χ2v) is 7.89. The van der Waals surface area contributed by atoms with Gasteiger partial charge in [0.2, 0.25) is 5.91 Å². The van der Waals surface area contributed by atoms with Crippen LogP contribution in [0.15, 0.2) is 41.8 Å². The first-order valence-electron chi connectivity index (χ1n) is 8.30. The average molecular weight is 391 g/mol. The molecular formula is C19H22FN3O3S. The van der Waals surface area contributed by atoms with E-state index in [1.165, 1.54) is 18.2 Å². The van der Waals surface area contributed by atoms with E-state index in [1.54, 1.807) is 24.3 Å². The Bertz CT molecular complexity index is 955. The van der Waals surface area contributed by atoms with E-state index in [0.29, 0.717) is 11.5 Å². The van der Waals surface area contributed by atoms with Crippen LogP contribution in [0.4, 0.5) is 10.2 Å². The van der Waals surface area contributed by atoms with Gasteiger partial charge in [-0.05, 0) is 49.8 Å². The lowest BCUT2D eigenvalue weighted by Gasteiger charge is -2.25. The summed E-state index contributed by atoms with van der Waals surface area (Å²) in [5.41, 5.74) is 2.01. The molecule has 0 aliphatic heterocycles. The molecule has 0 aliphatic carbocycles. The van der Waals surface area contributed by atoms with Gasteiger partial charge in [-0.3, -0.25) is 4.79 Å². The molecule has 0 saturated carbocycles. The van der Waals surface area contributed by atoms with Gasteiger partial charge in [-0.2, -0.15) is 0 Å². The molecule has 0 unspecified atom stereocenters. The Kier molecular flexibility index (Phi) is 6.32. The zero-order valence-corrected chi connectivity index (χ0v) is 16.4. The molecule has 0 bridgehead atoms. The molecule has 1 heterocycles. The third kappa shape index (κ3) is 5.62. The number of rotatable bonds is 6. The number of nitrogens with one attached hydrogen (secondary N) is 1. The molecule has 2 aromatic rings. The van der Waals surface area contributed by atoms with E-state index in [4.69, 9.17) is 0 Å². The number of anilines is 1. The largest absolute Gasteiger partial charge is 0.357 e. The molecule has 0 spiro atoms. The van der Waals surface area contributed by atoms with E-state index in [9.17, 15) is 17.6 Å². The van der Waals surface area contributed by atoms with Crippen molar-refractivity contribution in [3.8, 4) is 11.1 Å². The van der Waals surface area contributed by atoms with Crippen molar-refractivity contribution in [2.75, 3.05) is 11.9 Å². The molecule has 0 fully saturated rings. The summed E-state index contributed by atoms with van der Waals surface area (Å²) in [4.78, 5) is 17.4. The zero-order valence-electron chi connectivity index (χ0n) is 15.6. The molecule has 1 aromatic carbocycles. The Balaban J connectivity index is 2.47. The maximum Gasteiger partial charge on any atom is 0.257 e. The van der Waals surface area contributed by atoms with Crippen LogP contribution in [0.3, 0.4) is 0 Å². The molecule has 1 N–H and O–H groups in total. The molecule has 1 aromatic heterocycles. The number of carbonyl (C=O) groups excluding carboxylic acids is 1. The minimum Gasteiger partial charge on any atom is -0.357 e. The van der Waals surface area contributed by atoms with Gasteiger partial charge < -0.3 is 4.90 Å². The Morgan fingerprint density at radius 2 is 1.81 bits per heavy atom. The minimum absolute atomic E-state index is 0.138. The Hall–Kier alpha value is -2.74. The molecule has 0 saturated heterocycles. The summed E-state index contributed by atoms with van der Waals surface area (Å²) < 4.78 is 38.6. The van der Waals surface area contributed by atoms with Crippen LogP contribution in [0.25, 0.3) is 17.2 Å². The van der Waals surface area contributed by atoms with Crippen LogP contribution in [0, 0.1) is 5.82 Å². The third-order valence-electron chi connectivity index (χ3n) is 3.86. The summed E-state index contributed by atoms with van der Waals surface area (Å²) >= 11 is 0. The van der Waals surface area contributed by atoms with Gasteiger partial charge in [0.15, 0.2) is 0 Å². The predicted octanol–water partition coefficient (Wildman–Crippen LogP) is 3.17. The number of nitrogens with zero attached hydrogens (tertiary/aromatic N) is 2. The predicted molar refractivity (Wildman–Crippen MR) is 105 cm³/mol. The topological polar surface area (TPSA) is 79.4 Å². The van der Waals surface area contributed by atoms with Gasteiger partial charge >= 0.3 is 0 Å². The number of amides is 1. The molecule has 27 heavy (non-hydrogen) atoms. The van der Waals surface area contributed by atoms with E-state index in [1.807, 2.05) is 30.5 Å². The lowest BCUT2D eigenvalue weighted by atomic mass is 10.0. The Labute approximate surface area is 158 Å². The zero-order chi connectivity index (χ0) is 20.2. The summed E-state index contributed by atoms with van der Waals surface area (Å²) in [6, 6.07) is 9.69. The fourth-order valence-electron chi connectivity index (χ4n) is 2.32. The minimum atomic E-state index is -3.87. The molecule has 0 atom stereocenters. The van der Waals surface area contributed by atoms with Crippen molar-refractivity contribution in [2.45, 2.75) is 26.8 Å². The van der Waals surface area contributed by atoms with Gasteiger partial charge in [0, 0.05) is 25.6 Å².